The van der Waals surface area contributed by atoms with Crippen LogP contribution in [0, 0.1) is 0 Å². The quantitative estimate of drug-likeness (QED) is 0.383. The lowest BCUT2D eigenvalue weighted by molar-refractivity contribution is 0.897. The molecule has 114 valence electrons. The number of hydrazine groups is 1. The molecule has 0 saturated heterocycles. The van der Waals surface area contributed by atoms with E-state index in [0.717, 1.165) is 0 Å². The molecule has 0 radical (unpaired) electrons. The maximum absolute atomic E-state index is 12.0. The van der Waals surface area contributed by atoms with Crippen LogP contribution in [0.25, 0.3) is 22.5 Å². The van der Waals surface area contributed by atoms with Crippen LogP contribution in [0.1, 0.15) is 0 Å². The molecular weight excluding hydrogens is 304 g/mol. The molecule has 0 fully saturated rings. The first-order valence-electron chi connectivity index (χ1n) is 6.45. The van der Waals surface area contributed by atoms with E-state index in [1.807, 2.05) is 0 Å². The second-order valence-electron chi connectivity index (χ2n) is 4.67. The summed E-state index contributed by atoms with van der Waals surface area (Å²) < 4.78 is 0. The molecule has 0 spiro atoms. The molecule has 2 aromatic heterocycles. The molecule has 23 heavy (non-hydrogen) atoms. The molecular formula is C12H8N8O3. The average Bonchev–Trinajstić information content (AvgIpc) is 2.54. The Hall–Kier alpha value is -3.76. The number of para-hydroxylation sites is 1. The molecule has 0 amide bonds. The fraction of sp³-hybridized carbons (Fsp3) is 0. The third-order valence-corrected chi connectivity index (χ3v) is 3.29. The van der Waals surface area contributed by atoms with Gasteiger partial charge in [-0.2, -0.15) is 15.2 Å². The minimum atomic E-state index is -0.691. The van der Waals surface area contributed by atoms with Crippen LogP contribution >= 0.6 is 0 Å². The second-order valence-corrected chi connectivity index (χ2v) is 4.67. The van der Waals surface area contributed by atoms with Crippen LogP contribution in [0.2, 0.25) is 0 Å². The minimum absolute atomic E-state index is 0.0385. The van der Waals surface area contributed by atoms with Gasteiger partial charge >= 0.3 is 11.4 Å². The van der Waals surface area contributed by atoms with Crippen molar-refractivity contribution in [2.75, 3.05) is 10.9 Å². The first kappa shape index (κ1) is 12.9. The van der Waals surface area contributed by atoms with Crippen LogP contribution in [0.15, 0.2) is 32.6 Å². The molecule has 0 unspecified atom stereocenters. The smallest absolute Gasteiger partial charge is 0.298 e. The van der Waals surface area contributed by atoms with Gasteiger partial charge in [-0.05, 0) is 0 Å². The van der Waals surface area contributed by atoms with Crippen LogP contribution in [-0.4, -0.2) is 30.4 Å². The van der Waals surface area contributed by atoms with E-state index in [1.165, 1.54) is 0 Å². The highest BCUT2D eigenvalue weighted by Gasteiger charge is 2.23. The van der Waals surface area contributed by atoms with Crippen LogP contribution in [0.3, 0.4) is 0 Å². The molecule has 11 heteroatoms. The normalized spacial score (nSPS) is 11.8. The number of rotatable bonds is 1. The Bertz CT molecular complexity index is 1100. The van der Waals surface area contributed by atoms with Gasteiger partial charge in [0.15, 0.2) is 11.5 Å². The molecule has 3 heterocycles. The van der Waals surface area contributed by atoms with Crippen molar-refractivity contribution in [2.24, 2.45) is 0 Å². The highest BCUT2D eigenvalue weighted by atomic mass is 16.2. The largest absolute Gasteiger partial charge is 0.363 e. The zero-order chi connectivity index (χ0) is 16.0. The summed E-state index contributed by atoms with van der Waals surface area (Å²) in [5, 5.41) is 12.2. The Labute approximate surface area is 125 Å². The summed E-state index contributed by atoms with van der Waals surface area (Å²) >= 11 is 0. The Morgan fingerprint density at radius 3 is 2.39 bits per heavy atom. The molecule has 11 nitrogen and oxygen atoms in total. The summed E-state index contributed by atoms with van der Waals surface area (Å²) in [6, 6.07) is 5.11. The Balaban J connectivity index is 1.98. The number of anilines is 2. The van der Waals surface area contributed by atoms with Crippen molar-refractivity contribution in [2.45, 2.75) is 0 Å². The number of H-pyrrole nitrogens is 3. The summed E-state index contributed by atoms with van der Waals surface area (Å²) in [7, 11) is 0. The summed E-state index contributed by atoms with van der Waals surface area (Å²) in [4.78, 5) is 40.2. The summed E-state index contributed by atoms with van der Waals surface area (Å²) in [6.07, 6.45) is 0. The van der Waals surface area contributed by atoms with Gasteiger partial charge < -0.3 is 0 Å². The lowest BCUT2D eigenvalue weighted by atomic mass is 10.0. The lowest BCUT2D eigenvalue weighted by Crippen LogP contribution is -2.27. The monoisotopic (exact) mass is 312 g/mol. The average molecular weight is 312 g/mol. The van der Waals surface area contributed by atoms with E-state index in [0.29, 0.717) is 22.5 Å². The number of nitrogens with one attached hydrogen (secondary N) is 5. The van der Waals surface area contributed by atoms with Gasteiger partial charge in [0.1, 0.15) is 5.69 Å². The van der Waals surface area contributed by atoms with E-state index >= 15 is 0 Å². The summed E-state index contributed by atoms with van der Waals surface area (Å²) in [5.74, 6) is 0.265. The Morgan fingerprint density at radius 2 is 1.61 bits per heavy atom. The van der Waals surface area contributed by atoms with Crippen molar-refractivity contribution in [1.82, 2.24) is 30.4 Å². The molecule has 4 rings (SSSR count). The molecule has 0 atom stereocenters. The predicted molar refractivity (Wildman–Crippen MR) is 79.8 cm³/mol. The Kier molecular flexibility index (Phi) is 2.60. The van der Waals surface area contributed by atoms with E-state index in [1.54, 1.807) is 18.2 Å². The van der Waals surface area contributed by atoms with Crippen molar-refractivity contribution < 1.29 is 0 Å². The number of nitrogens with zero attached hydrogens (tertiary/aromatic N) is 3. The number of aromatic amines is 3. The summed E-state index contributed by atoms with van der Waals surface area (Å²) in [5.41, 5.74) is 5.75. The van der Waals surface area contributed by atoms with Gasteiger partial charge in [0.25, 0.3) is 5.56 Å². The van der Waals surface area contributed by atoms with Crippen molar-refractivity contribution >= 4 is 11.5 Å². The third-order valence-electron chi connectivity index (χ3n) is 3.29. The maximum Gasteiger partial charge on any atom is 0.363 e. The molecule has 0 saturated carbocycles. The molecule has 1 aromatic carbocycles. The fourth-order valence-electron chi connectivity index (χ4n) is 2.34. The minimum Gasteiger partial charge on any atom is -0.298 e. The van der Waals surface area contributed by atoms with E-state index in [-0.39, 0.29) is 11.5 Å². The predicted octanol–water partition coefficient (Wildman–Crippen LogP) is -0.977. The van der Waals surface area contributed by atoms with Gasteiger partial charge in [0, 0.05) is 11.1 Å². The molecule has 1 aliphatic heterocycles. The zero-order valence-corrected chi connectivity index (χ0v) is 11.3. The highest BCUT2D eigenvalue weighted by Crippen LogP contribution is 2.38. The van der Waals surface area contributed by atoms with Crippen LogP contribution in [-0.2, 0) is 0 Å². The number of fused-ring (bicyclic) bond motifs is 3. The van der Waals surface area contributed by atoms with Gasteiger partial charge in [-0.3, -0.25) is 20.6 Å². The fourth-order valence-corrected chi connectivity index (χ4v) is 2.34. The van der Waals surface area contributed by atoms with Gasteiger partial charge in [-0.25, -0.2) is 19.8 Å². The summed E-state index contributed by atoms with van der Waals surface area (Å²) in [6.45, 7) is 0. The molecule has 5 N–H and O–H groups in total. The van der Waals surface area contributed by atoms with E-state index in [2.05, 4.69) is 41.2 Å². The lowest BCUT2D eigenvalue weighted by Gasteiger charge is -2.22. The molecule has 1 aliphatic rings. The van der Waals surface area contributed by atoms with Crippen LogP contribution in [0.4, 0.5) is 11.5 Å². The number of hydrogen-bond donors (Lipinski definition) is 5. The number of hydrogen-bond acceptors (Lipinski definition) is 8. The van der Waals surface area contributed by atoms with E-state index in [9.17, 15) is 14.4 Å². The van der Waals surface area contributed by atoms with Crippen molar-refractivity contribution in [1.29, 1.82) is 0 Å². The SMILES string of the molecule is O=c1nc2c(n[nH]1)-c1cccc(-c3n[nH]c(=O)[nH]c3=O)c1NN2. The standard InChI is InChI=1S/C12H8N8O3/c21-10-8(17-20-12(23)14-10)5-3-1-2-4-6(5)15-18-9-7(4)16-19-11(22)13-9/h1-3,15H,(H2,13,18,19,22)(H2,14,20,21,23). The van der Waals surface area contributed by atoms with E-state index in [4.69, 9.17) is 0 Å². The van der Waals surface area contributed by atoms with Crippen LogP contribution < -0.4 is 27.8 Å². The van der Waals surface area contributed by atoms with E-state index < -0.39 is 16.9 Å². The van der Waals surface area contributed by atoms with Crippen molar-refractivity contribution in [3.63, 3.8) is 0 Å². The third kappa shape index (κ3) is 1.98. The van der Waals surface area contributed by atoms with Gasteiger partial charge in [-0.1, -0.05) is 18.2 Å². The number of aromatic nitrogens is 6. The topological polar surface area (TPSA) is 161 Å². The number of benzene rings is 1. The second kappa shape index (κ2) is 4.62. The molecule has 0 aliphatic carbocycles. The van der Waals surface area contributed by atoms with Crippen molar-refractivity contribution in [3.05, 3.63) is 49.5 Å². The van der Waals surface area contributed by atoms with Crippen molar-refractivity contribution in [3.8, 4) is 22.5 Å². The first-order chi connectivity index (χ1) is 11.1. The molecule has 0 bridgehead atoms. The highest BCUT2D eigenvalue weighted by molar-refractivity contribution is 5.94. The Morgan fingerprint density at radius 1 is 0.870 bits per heavy atom. The zero-order valence-electron chi connectivity index (χ0n) is 11.3. The van der Waals surface area contributed by atoms with Crippen LogP contribution in [0.5, 0.6) is 0 Å². The first-order valence-corrected chi connectivity index (χ1v) is 6.45. The molecule has 3 aromatic rings. The van der Waals surface area contributed by atoms with Gasteiger partial charge in [0.05, 0.1) is 5.69 Å². The van der Waals surface area contributed by atoms with Gasteiger partial charge in [0.2, 0.25) is 0 Å². The maximum atomic E-state index is 12.0. The van der Waals surface area contributed by atoms with Gasteiger partial charge in [-0.15, -0.1) is 0 Å².